The van der Waals surface area contributed by atoms with E-state index in [0.717, 1.165) is 11.5 Å². The molecular weight excluding hydrogens is 200 g/mol. The van der Waals surface area contributed by atoms with E-state index in [4.69, 9.17) is 5.73 Å². The van der Waals surface area contributed by atoms with E-state index in [1.807, 2.05) is 11.6 Å². The van der Waals surface area contributed by atoms with Crippen LogP contribution < -0.4 is 5.73 Å². The molecule has 0 radical (unpaired) electrons. The van der Waals surface area contributed by atoms with Gasteiger partial charge >= 0.3 is 0 Å². The van der Waals surface area contributed by atoms with Gasteiger partial charge in [-0.1, -0.05) is 12.1 Å². The lowest BCUT2D eigenvalue weighted by Crippen LogP contribution is -2.03. The fourth-order valence-electron chi connectivity index (χ4n) is 1.71. The second-order valence-electron chi connectivity index (χ2n) is 3.98. The maximum absolute atomic E-state index is 5.54. The second-order valence-corrected chi connectivity index (χ2v) is 3.98. The van der Waals surface area contributed by atoms with E-state index in [1.165, 1.54) is 11.1 Å². The number of rotatable bonds is 2. The van der Waals surface area contributed by atoms with E-state index in [9.17, 15) is 0 Å². The average Bonchev–Trinajstić information content (AvgIpc) is 2.63. The lowest BCUT2D eigenvalue weighted by Gasteiger charge is -2.07. The molecule has 0 saturated heterocycles. The molecule has 0 fully saturated rings. The molecule has 1 aromatic heterocycles. The van der Waals surface area contributed by atoms with Crippen LogP contribution in [0.4, 0.5) is 0 Å². The normalized spacial score (nSPS) is 10.8. The van der Waals surface area contributed by atoms with Crippen LogP contribution in [-0.2, 0) is 6.54 Å². The van der Waals surface area contributed by atoms with Gasteiger partial charge in [0.25, 0.3) is 0 Å². The molecule has 4 heteroatoms. The molecule has 2 rings (SSSR count). The third kappa shape index (κ3) is 1.84. The van der Waals surface area contributed by atoms with Crippen molar-refractivity contribution in [2.24, 2.45) is 5.73 Å². The number of nitrogens with two attached hydrogens (primary N) is 1. The van der Waals surface area contributed by atoms with Gasteiger partial charge in [-0.05, 0) is 38.0 Å². The molecule has 0 amide bonds. The van der Waals surface area contributed by atoms with Gasteiger partial charge in [0, 0.05) is 0 Å². The van der Waals surface area contributed by atoms with Crippen molar-refractivity contribution in [3.63, 3.8) is 0 Å². The molecular formula is C12H16N4. The van der Waals surface area contributed by atoms with E-state index in [-0.39, 0.29) is 0 Å². The minimum absolute atomic E-state index is 0.374. The minimum Gasteiger partial charge on any atom is -0.324 e. The summed E-state index contributed by atoms with van der Waals surface area (Å²) < 4.78 is 1.85. The first-order valence-corrected chi connectivity index (χ1v) is 5.32. The van der Waals surface area contributed by atoms with Crippen LogP contribution in [0.5, 0.6) is 0 Å². The Balaban J connectivity index is 2.57. The van der Waals surface area contributed by atoms with Gasteiger partial charge in [0.1, 0.15) is 5.82 Å². The highest BCUT2D eigenvalue weighted by Crippen LogP contribution is 2.16. The van der Waals surface area contributed by atoms with E-state index in [1.54, 1.807) is 0 Å². The van der Waals surface area contributed by atoms with E-state index in [0.29, 0.717) is 12.4 Å². The SMILES string of the molecule is Cc1ccc(C)c(-n2nc(CN)nc2C)c1. The summed E-state index contributed by atoms with van der Waals surface area (Å²) in [5.74, 6) is 1.55. The Morgan fingerprint density at radius 3 is 2.62 bits per heavy atom. The van der Waals surface area contributed by atoms with E-state index in [2.05, 4.69) is 42.1 Å². The van der Waals surface area contributed by atoms with E-state index >= 15 is 0 Å². The zero-order valence-electron chi connectivity index (χ0n) is 9.86. The lowest BCUT2D eigenvalue weighted by molar-refractivity contribution is 0.806. The Morgan fingerprint density at radius 1 is 1.25 bits per heavy atom. The quantitative estimate of drug-likeness (QED) is 0.830. The first kappa shape index (κ1) is 10.8. The van der Waals surface area contributed by atoms with Crippen molar-refractivity contribution in [3.05, 3.63) is 41.0 Å². The molecule has 1 heterocycles. The molecule has 0 aliphatic carbocycles. The van der Waals surface area contributed by atoms with Crippen LogP contribution in [0.1, 0.15) is 22.8 Å². The Labute approximate surface area is 95.1 Å². The third-order valence-corrected chi connectivity index (χ3v) is 2.59. The lowest BCUT2D eigenvalue weighted by atomic mass is 10.1. The van der Waals surface area contributed by atoms with Gasteiger partial charge in [-0.3, -0.25) is 0 Å². The number of hydrogen-bond acceptors (Lipinski definition) is 3. The van der Waals surface area contributed by atoms with Crippen molar-refractivity contribution in [1.82, 2.24) is 14.8 Å². The Hall–Kier alpha value is -1.68. The van der Waals surface area contributed by atoms with Crippen LogP contribution in [0.15, 0.2) is 18.2 Å². The third-order valence-electron chi connectivity index (χ3n) is 2.59. The summed E-state index contributed by atoms with van der Waals surface area (Å²) in [6.07, 6.45) is 0. The molecule has 2 aromatic rings. The predicted molar refractivity (Wildman–Crippen MR) is 63.5 cm³/mol. The number of benzene rings is 1. The standard InChI is InChI=1S/C12H16N4/c1-8-4-5-9(2)11(6-8)16-10(3)14-12(7-13)15-16/h4-6H,7,13H2,1-3H3. The summed E-state index contributed by atoms with van der Waals surface area (Å²) in [6, 6.07) is 6.29. The van der Waals surface area contributed by atoms with E-state index < -0.39 is 0 Å². The molecule has 0 bridgehead atoms. The monoisotopic (exact) mass is 216 g/mol. The molecule has 1 aromatic carbocycles. The van der Waals surface area contributed by atoms with Crippen molar-refractivity contribution in [3.8, 4) is 5.69 Å². The maximum atomic E-state index is 5.54. The maximum Gasteiger partial charge on any atom is 0.164 e. The molecule has 2 N–H and O–H groups in total. The second kappa shape index (κ2) is 4.06. The number of nitrogens with zero attached hydrogens (tertiary/aromatic N) is 3. The van der Waals surface area contributed by atoms with Crippen molar-refractivity contribution >= 4 is 0 Å². The largest absolute Gasteiger partial charge is 0.324 e. The molecule has 0 saturated carbocycles. The number of hydrogen-bond donors (Lipinski definition) is 1. The van der Waals surface area contributed by atoms with Crippen LogP contribution in [0.3, 0.4) is 0 Å². The first-order chi connectivity index (χ1) is 7.61. The van der Waals surface area contributed by atoms with Crippen LogP contribution in [-0.4, -0.2) is 14.8 Å². The molecule has 0 spiro atoms. The average molecular weight is 216 g/mol. The minimum atomic E-state index is 0.374. The fraction of sp³-hybridized carbons (Fsp3) is 0.333. The Morgan fingerprint density at radius 2 is 2.00 bits per heavy atom. The Kier molecular flexibility index (Phi) is 2.75. The first-order valence-electron chi connectivity index (χ1n) is 5.32. The van der Waals surface area contributed by atoms with Crippen molar-refractivity contribution < 1.29 is 0 Å². The van der Waals surface area contributed by atoms with Gasteiger partial charge in [-0.25, -0.2) is 9.67 Å². The summed E-state index contributed by atoms with van der Waals surface area (Å²) in [4.78, 5) is 4.30. The summed E-state index contributed by atoms with van der Waals surface area (Å²) >= 11 is 0. The zero-order valence-corrected chi connectivity index (χ0v) is 9.86. The topological polar surface area (TPSA) is 56.7 Å². The zero-order chi connectivity index (χ0) is 11.7. The summed E-state index contributed by atoms with van der Waals surface area (Å²) in [7, 11) is 0. The number of aryl methyl sites for hydroxylation is 3. The van der Waals surface area contributed by atoms with Crippen LogP contribution in [0.2, 0.25) is 0 Å². The summed E-state index contributed by atoms with van der Waals surface area (Å²) in [5, 5.41) is 4.38. The molecule has 16 heavy (non-hydrogen) atoms. The predicted octanol–water partition coefficient (Wildman–Crippen LogP) is 1.65. The molecule has 84 valence electrons. The van der Waals surface area contributed by atoms with Gasteiger partial charge in [-0.2, -0.15) is 0 Å². The van der Waals surface area contributed by atoms with Gasteiger partial charge < -0.3 is 5.73 Å². The van der Waals surface area contributed by atoms with Crippen LogP contribution in [0.25, 0.3) is 5.69 Å². The highest BCUT2D eigenvalue weighted by molar-refractivity contribution is 5.42. The highest BCUT2D eigenvalue weighted by atomic mass is 15.4. The van der Waals surface area contributed by atoms with Gasteiger partial charge in [0.05, 0.1) is 12.2 Å². The van der Waals surface area contributed by atoms with Gasteiger partial charge in [0.15, 0.2) is 5.82 Å². The molecule has 0 aliphatic rings. The van der Waals surface area contributed by atoms with Crippen LogP contribution >= 0.6 is 0 Å². The fourth-order valence-corrected chi connectivity index (χ4v) is 1.71. The highest BCUT2D eigenvalue weighted by Gasteiger charge is 2.08. The summed E-state index contributed by atoms with van der Waals surface area (Å²) in [6.45, 7) is 6.45. The van der Waals surface area contributed by atoms with Crippen molar-refractivity contribution in [2.45, 2.75) is 27.3 Å². The smallest absolute Gasteiger partial charge is 0.164 e. The number of aromatic nitrogens is 3. The van der Waals surface area contributed by atoms with Crippen molar-refractivity contribution in [1.29, 1.82) is 0 Å². The molecule has 0 atom stereocenters. The molecule has 0 unspecified atom stereocenters. The Bertz CT molecular complexity index is 514. The summed E-state index contributed by atoms with van der Waals surface area (Å²) in [5.41, 5.74) is 9.01. The molecule has 4 nitrogen and oxygen atoms in total. The van der Waals surface area contributed by atoms with Gasteiger partial charge in [0.2, 0.25) is 0 Å². The van der Waals surface area contributed by atoms with Gasteiger partial charge in [-0.15, -0.1) is 5.10 Å². The molecule has 0 aliphatic heterocycles. The van der Waals surface area contributed by atoms with Crippen molar-refractivity contribution in [2.75, 3.05) is 0 Å². The van der Waals surface area contributed by atoms with Crippen LogP contribution in [0, 0.1) is 20.8 Å².